The molecule has 0 radical (unpaired) electrons. The Hall–Kier alpha value is -0.420. The highest BCUT2D eigenvalue weighted by molar-refractivity contribution is 9.10. The van der Waals surface area contributed by atoms with E-state index in [4.69, 9.17) is 5.11 Å². The molecule has 0 aliphatic rings. The maximum absolute atomic E-state index is 9.03. The van der Waals surface area contributed by atoms with Gasteiger partial charge in [-0.25, -0.2) is 0 Å². The summed E-state index contributed by atoms with van der Waals surface area (Å²) in [5.74, 6) is 0. The summed E-state index contributed by atoms with van der Waals surface area (Å²) < 4.78 is 1.17. The minimum atomic E-state index is 0.268. The van der Waals surface area contributed by atoms with Crippen molar-refractivity contribution in [2.75, 3.05) is 26.2 Å². The van der Waals surface area contributed by atoms with Crippen LogP contribution in [0.3, 0.4) is 0 Å². The smallest absolute Gasteiger partial charge is 0.0443 e. The van der Waals surface area contributed by atoms with Crippen LogP contribution in [-0.2, 0) is 0 Å². The van der Waals surface area contributed by atoms with Gasteiger partial charge in [0, 0.05) is 36.3 Å². The molecule has 4 heteroatoms. The topological polar surface area (TPSA) is 35.5 Å². The van der Waals surface area contributed by atoms with Crippen LogP contribution in [-0.4, -0.2) is 42.3 Å². The normalized spacial score (nSPS) is 13.1. The summed E-state index contributed by atoms with van der Waals surface area (Å²) in [4.78, 5) is 2.44. The van der Waals surface area contributed by atoms with Crippen LogP contribution in [0.2, 0.25) is 0 Å². The summed E-state index contributed by atoms with van der Waals surface area (Å²) >= 11 is 3.66. The van der Waals surface area contributed by atoms with Gasteiger partial charge in [0.05, 0.1) is 0 Å². The van der Waals surface area contributed by atoms with Gasteiger partial charge >= 0.3 is 0 Å². The molecule has 21 heavy (non-hydrogen) atoms. The summed E-state index contributed by atoms with van der Waals surface area (Å²) in [5, 5.41) is 12.6. The van der Waals surface area contributed by atoms with Crippen molar-refractivity contribution in [3.05, 3.63) is 34.3 Å². The van der Waals surface area contributed by atoms with E-state index in [0.717, 1.165) is 32.5 Å². The fourth-order valence-corrected chi connectivity index (χ4v) is 3.13. The van der Waals surface area contributed by atoms with Crippen LogP contribution >= 0.6 is 15.9 Å². The van der Waals surface area contributed by atoms with Gasteiger partial charge in [0.25, 0.3) is 0 Å². The summed E-state index contributed by atoms with van der Waals surface area (Å²) in [7, 11) is 0. The zero-order chi connectivity index (χ0) is 15.7. The monoisotopic (exact) mass is 356 g/mol. The summed E-state index contributed by atoms with van der Waals surface area (Å²) in [6, 6.07) is 9.31. The minimum Gasteiger partial charge on any atom is -0.396 e. The second-order valence-electron chi connectivity index (χ2n) is 5.63. The lowest BCUT2D eigenvalue weighted by Gasteiger charge is -2.29. The molecule has 0 amide bonds. The second kappa shape index (κ2) is 10.3. The van der Waals surface area contributed by atoms with Gasteiger partial charge in [-0.1, -0.05) is 41.1 Å². The fraction of sp³-hybridized carbons (Fsp3) is 0.647. The highest BCUT2D eigenvalue weighted by Crippen LogP contribution is 2.25. The first-order valence-electron chi connectivity index (χ1n) is 7.92. The van der Waals surface area contributed by atoms with E-state index in [1.165, 1.54) is 10.0 Å². The summed E-state index contributed by atoms with van der Waals surface area (Å²) in [5.41, 5.74) is 1.32. The molecule has 1 atom stereocenters. The fourth-order valence-electron chi connectivity index (χ4n) is 2.57. The number of aliphatic hydroxyl groups excluding tert-OH is 1. The third-order valence-corrected chi connectivity index (χ3v) is 4.49. The number of halogens is 1. The van der Waals surface area contributed by atoms with Crippen LogP contribution in [0.25, 0.3) is 0 Å². The van der Waals surface area contributed by atoms with E-state index in [0.29, 0.717) is 12.1 Å². The molecule has 1 rings (SSSR count). The van der Waals surface area contributed by atoms with E-state index >= 15 is 0 Å². The highest BCUT2D eigenvalue weighted by Gasteiger charge is 2.16. The van der Waals surface area contributed by atoms with Gasteiger partial charge in [-0.3, -0.25) is 0 Å². The van der Waals surface area contributed by atoms with Crippen LogP contribution in [0.1, 0.15) is 45.2 Å². The molecule has 1 unspecified atom stereocenters. The molecule has 0 saturated heterocycles. The van der Waals surface area contributed by atoms with Crippen LogP contribution in [0.15, 0.2) is 28.7 Å². The largest absolute Gasteiger partial charge is 0.396 e. The lowest BCUT2D eigenvalue weighted by molar-refractivity contribution is 0.184. The molecule has 0 aliphatic carbocycles. The third kappa shape index (κ3) is 6.47. The van der Waals surface area contributed by atoms with Crippen LogP contribution < -0.4 is 5.32 Å². The Bertz CT molecular complexity index is 398. The standard InChI is InChI=1S/C17H29BrN2O/c1-4-19-17(15-8-5-6-9-16(15)18)10-12-20(14(2)3)11-7-13-21/h5-6,8-9,14,17,19,21H,4,7,10-13H2,1-3H3. The van der Waals surface area contributed by atoms with E-state index in [1.54, 1.807) is 0 Å². The Morgan fingerprint density at radius 2 is 1.95 bits per heavy atom. The van der Waals surface area contributed by atoms with Gasteiger partial charge in [0.2, 0.25) is 0 Å². The molecule has 1 aromatic rings. The molecule has 0 bridgehead atoms. The van der Waals surface area contributed by atoms with Crippen molar-refractivity contribution in [3.63, 3.8) is 0 Å². The van der Waals surface area contributed by atoms with Crippen molar-refractivity contribution in [3.8, 4) is 0 Å². The molecule has 2 N–H and O–H groups in total. The Kier molecular flexibility index (Phi) is 9.16. The van der Waals surface area contributed by atoms with Gasteiger partial charge in [-0.15, -0.1) is 0 Å². The lowest BCUT2D eigenvalue weighted by Crippen LogP contribution is -2.35. The van der Waals surface area contributed by atoms with Crippen molar-refractivity contribution < 1.29 is 5.11 Å². The molecular formula is C17H29BrN2O. The van der Waals surface area contributed by atoms with Gasteiger partial charge in [0.15, 0.2) is 0 Å². The number of nitrogens with one attached hydrogen (secondary N) is 1. The number of rotatable bonds is 10. The number of aliphatic hydroxyl groups is 1. The van der Waals surface area contributed by atoms with E-state index < -0.39 is 0 Å². The maximum Gasteiger partial charge on any atom is 0.0443 e. The summed E-state index contributed by atoms with van der Waals surface area (Å²) in [6.07, 6.45) is 1.92. The first-order chi connectivity index (χ1) is 10.1. The average Bonchev–Trinajstić information content (AvgIpc) is 2.46. The van der Waals surface area contributed by atoms with Gasteiger partial charge in [-0.05, 0) is 44.9 Å². The molecule has 0 fully saturated rings. The van der Waals surface area contributed by atoms with E-state index in [1.807, 2.05) is 0 Å². The zero-order valence-electron chi connectivity index (χ0n) is 13.5. The Morgan fingerprint density at radius 1 is 1.24 bits per heavy atom. The Balaban J connectivity index is 2.67. The summed E-state index contributed by atoms with van der Waals surface area (Å²) in [6.45, 7) is 9.82. The molecule has 0 heterocycles. The number of hydrogen-bond donors (Lipinski definition) is 2. The average molecular weight is 357 g/mol. The lowest BCUT2D eigenvalue weighted by atomic mass is 10.0. The molecule has 1 aromatic carbocycles. The van der Waals surface area contributed by atoms with Gasteiger partial charge in [0.1, 0.15) is 0 Å². The number of benzene rings is 1. The van der Waals surface area contributed by atoms with E-state index in [2.05, 4.69) is 71.2 Å². The van der Waals surface area contributed by atoms with Gasteiger partial charge in [-0.2, -0.15) is 0 Å². The molecular weight excluding hydrogens is 328 g/mol. The van der Waals surface area contributed by atoms with Crippen LogP contribution in [0, 0.1) is 0 Å². The predicted molar refractivity (Wildman–Crippen MR) is 93.6 cm³/mol. The molecule has 120 valence electrons. The molecule has 0 aromatic heterocycles. The van der Waals surface area contributed by atoms with Crippen molar-refractivity contribution in [2.45, 2.75) is 45.7 Å². The second-order valence-corrected chi connectivity index (χ2v) is 6.48. The SMILES string of the molecule is CCNC(CCN(CCCO)C(C)C)c1ccccc1Br. The number of hydrogen-bond acceptors (Lipinski definition) is 3. The van der Waals surface area contributed by atoms with Crippen LogP contribution in [0.5, 0.6) is 0 Å². The molecule has 0 saturated carbocycles. The Labute approximate surface area is 137 Å². The van der Waals surface area contributed by atoms with Crippen molar-refractivity contribution >= 4 is 15.9 Å². The quantitative estimate of drug-likeness (QED) is 0.672. The van der Waals surface area contributed by atoms with Gasteiger partial charge < -0.3 is 15.3 Å². The number of nitrogens with zero attached hydrogens (tertiary/aromatic N) is 1. The Morgan fingerprint density at radius 3 is 2.52 bits per heavy atom. The predicted octanol–water partition coefficient (Wildman–Crippen LogP) is 3.58. The first-order valence-corrected chi connectivity index (χ1v) is 8.72. The minimum absolute atomic E-state index is 0.268. The van der Waals surface area contributed by atoms with Crippen molar-refractivity contribution in [1.82, 2.24) is 10.2 Å². The highest BCUT2D eigenvalue weighted by atomic mass is 79.9. The van der Waals surface area contributed by atoms with Crippen LogP contribution in [0.4, 0.5) is 0 Å². The third-order valence-electron chi connectivity index (χ3n) is 3.77. The first kappa shape index (κ1) is 18.6. The molecule has 0 aliphatic heterocycles. The van der Waals surface area contributed by atoms with Crippen molar-refractivity contribution in [1.29, 1.82) is 0 Å². The molecule has 3 nitrogen and oxygen atoms in total. The van der Waals surface area contributed by atoms with Crippen molar-refractivity contribution in [2.24, 2.45) is 0 Å². The van der Waals surface area contributed by atoms with E-state index in [9.17, 15) is 0 Å². The maximum atomic E-state index is 9.03. The molecule has 0 spiro atoms. The van der Waals surface area contributed by atoms with E-state index in [-0.39, 0.29) is 6.61 Å². The zero-order valence-corrected chi connectivity index (χ0v) is 15.1.